The third kappa shape index (κ3) is 3.79. The molecule has 0 aliphatic rings. The number of aromatic amines is 1. The van der Waals surface area contributed by atoms with E-state index in [0.29, 0.717) is 12.2 Å². The predicted molar refractivity (Wildman–Crippen MR) is 79.4 cm³/mol. The van der Waals surface area contributed by atoms with E-state index in [1.165, 1.54) is 12.1 Å². The lowest BCUT2D eigenvalue weighted by Crippen LogP contribution is -2.10. The van der Waals surface area contributed by atoms with Crippen LogP contribution in [0.1, 0.15) is 12.5 Å². The van der Waals surface area contributed by atoms with E-state index in [4.69, 9.17) is 0 Å². The van der Waals surface area contributed by atoms with Crippen molar-refractivity contribution >= 4 is 21.6 Å². The van der Waals surface area contributed by atoms with E-state index in [1.54, 1.807) is 24.4 Å². The van der Waals surface area contributed by atoms with Gasteiger partial charge in [-0.3, -0.25) is 9.89 Å². The number of carbonyl (C=O) groups is 1. The Bertz CT molecular complexity index is 749. The fourth-order valence-corrected chi connectivity index (χ4v) is 2.69. The van der Waals surface area contributed by atoms with Crippen LogP contribution in [0, 0.1) is 0 Å². The molecule has 0 bridgehead atoms. The molecule has 0 fully saturated rings. The summed E-state index contributed by atoms with van der Waals surface area (Å²) in [6.07, 6.45) is 3.31. The molecular weight excluding hydrogens is 290 g/mol. The maximum atomic E-state index is 12.0. The molecule has 0 saturated heterocycles. The van der Waals surface area contributed by atoms with Gasteiger partial charge in [0.2, 0.25) is 5.91 Å². The molecule has 1 heterocycles. The summed E-state index contributed by atoms with van der Waals surface area (Å²) in [5.41, 5.74) is 0.850. The Kier molecular flexibility index (Phi) is 4.54. The van der Waals surface area contributed by atoms with Crippen LogP contribution in [0.3, 0.4) is 0 Å². The molecule has 0 aliphatic heterocycles. The lowest BCUT2D eigenvalue weighted by molar-refractivity contribution is -0.111. The number of nitrogens with one attached hydrogen (secondary N) is 2. The van der Waals surface area contributed by atoms with Gasteiger partial charge in [0.25, 0.3) is 0 Å². The summed E-state index contributed by atoms with van der Waals surface area (Å²) < 4.78 is 24.0. The minimum atomic E-state index is -3.62. The van der Waals surface area contributed by atoms with Gasteiger partial charge in [0, 0.05) is 17.0 Å². The van der Waals surface area contributed by atoms with E-state index in [0.717, 1.165) is 17.0 Å². The minimum absolute atomic E-state index is 0.143. The highest BCUT2D eigenvalue weighted by Crippen LogP contribution is 2.13. The molecule has 0 saturated carbocycles. The van der Waals surface area contributed by atoms with Crippen LogP contribution in [0.4, 0.5) is 5.82 Å². The number of rotatable bonds is 5. The normalized spacial score (nSPS) is 11.7. The second-order valence-corrected chi connectivity index (χ2v) is 6.11. The zero-order valence-corrected chi connectivity index (χ0v) is 12.2. The maximum Gasteiger partial charge on any atom is 0.250 e. The number of benzene rings is 1. The molecule has 0 radical (unpaired) electrons. The van der Waals surface area contributed by atoms with Gasteiger partial charge in [0.15, 0.2) is 9.84 Å². The second-order valence-electron chi connectivity index (χ2n) is 4.27. The van der Waals surface area contributed by atoms with E-state index in [9.17, 15) is 13.2 Å². The Morgan fingerprint density at radius 2 is 2.05 bits per heavy atom. The summed E-state index contributed by atoms with van der Waals surface area (Å²) >= 11 is 0. The number of nitrogens with zero attached hydrogens (tertiary/aromatic N) is 1. The molecule has 1 amide bonds. The number of carbonyl (C=O) groups excluding carboxylic acids is 1. The number of aryl methyl sites for hydroxylation is 1. The fourth-order valence-electron chi connectivity index (χ4n) is 1.69. The van der Waals surface area contributed by atoms with E-state index < -0.39 is 15.7 Å². The molecule has 2 rings (SSSR count). The molecule has 0 unspecified atom stereocenters. The third-order valence-corrected chi connectivity index (χ3v) is 4.24. The van der Waals surface area contributed by atoms with Crippen molar-refractivity contribution < 1.29 is 13.2 Å². The number of anilines is 1. The number of amides is 1. The SMILES string of the molecule is CCc1cn[nH]c1NC(=O)/C=C/S(=O)(=O)c1ccccc1. The summed E-state index contributed by atoms with van der Waals surface area (Å²) in [5.74, 6) is -0.0577. The van der Waals surface area contributed by atoms with Gasteiger partial charge in [-0.1, -0.05) is 25.1 Å². The largest absolute Gasteiger partial charge is 0.307 e. The average molecular weight is 305 g/mol. The Balaban J connectivity index is 2.09. The second kappa shape index (κ2) is 6.36. The highest BCUT2D eigenvalue weighted by molar-refractivity contribution is 7.94. The van der Waals surface area contributed by atoms with Gasteiger partial charge in [-0.15, -0.1) is 0 Å². The summed E-state index contributed by atoms with van der Waals surface area (Å²) in [6.45, 7) is 1.93. The van der Waals surface area contributed by atoms with Crippen LogP contribution < -0.4 is 5.32 Å². The van der Waals surface area contributed by atoms with E-state index in [1.807, 2.05) is 6.92 Å². The summed E-state index contributed by atoms with van der Waals surface area (Å²) in [6, 6.07) is 7.92. The molecular formula is C14H15N3O3S. The Morgan fingerprint density at radius 1 is 1.33 bits per heavy atom. The van der Waals surface area contributed by atoms with Crippen LogP contribution in [0.15, 0.2) is 52.9 Å². The lowest BCUT2D eigenvalue weighted by atomic mass is 10.2. The highest BCUT2D eigenvalue weighted by Gasteiger charge is 2.11. The van der Waals surface area contributed by atoms with Crippen LogP contribution in [0.2, 0.25) is 0 Å². The summed E-state index contributed by atoms with van der Waals surface area (Å²) in [5, 5.41) is 9.92. The first-order valence-electron chi connectivity index (χ1n) is 6.34. The van der Waals surface area contributed by atoms with Crippen molar-refractivity contribution in [2.75, 3.05) is 5.32 Å². The first-order valence-corrected chi connectivity index (χ1v) is 7.89. The maximum absolute atomic E-state index is 12.0. The quantitative estimate of drug-likeness (QED) is 0.825. The Hall–Kier alpha value is -2.41. The number of hydrogen-bond donors (Lipinski definition) is 2. The van der Waals surface area contributed by atoms with Crippen molar-refractivity contribution in [3.8, 4) is 0 Å². The van der Waals surface area contributed by atoms with Crippen molar-refractivity contribution in [3.05, 3.63) is 53.6 Å². The number of sulfone groups is 1. The van der Waals surface area contributed by atoms with Crippen molar-refractivity contribution in [1.82, 2.24) is 10.2 Å². The van der Waals surface area contributed by atoms with Gasteiger partial charge in [-0.25, -0.2) is 8.42 Å². The smallest absolute Gasteiger partial charge is 0.250 e. The van der Waals surface area contributed by atoms with Crippen LogP contribution in [0.5, 0.6) is 0 Å². The monoisotopic (exact) mass is 305 g/mol. The van der Waals surface area contributed by atoms with Crippen LogP contribution >= 0.6 is 0 Å². The van der Waals surface area contributed by atoms with Gasteiger partial charge in [0.05, 0.1) is 11.1 Å². The number of aromatic nitrogens is 2. The summed E-state index contributed by atoms with van der Waals surface area (Å²) in [4.78, 5) is 11.9. The molecule has 6 nitrogen and oxygen atoms in total. The van der Waals surface area contributed by atoms with Gasteiger partial charge >= 0.3 is 0 Å². The number of hydrogen-bond acceptors (Lipinski definition) is 4. The fraction of sp³-hybridized carbons (Fsp3) is 0.143. The van der Waals surface area contributed by atoms with E-state index in [2.05, 4.69) is 15.5 Å². The first-order chi connectivity index (χ1) is 10.0. The molecule has 21 heavy (non-hydrogen) atoms. The van der Waals surface area contributed by atoms with Crippen molar-refractivity contribution in [2.24, 2.45) is 0 Å². The van der Waals surface area contributed by atoms with Crippen molar-refractivity contribution in [1.29, 1.82) is 0 Å². The molecule has 2 N–H and O–H groups in total. The average Bonchev–Trinajstić information content (AvgIpc) is 2.93. The Morgan fingerprint density at radius 3 is 2.71 bits per heavy atom. The van der Waals surface area contributed by atoms with Gasteiger partial charge in [0.1, 0.15) is 5.82 Å². The highest BCUT2D eigenvalue weighted by atomic mass is 32.2. The zero-order valence-electron chi connectivity index (χ0n) is 11.4. The predicted octanol–water partition coefficient (Wildman–Crippen LogP) is 1.90. The lowest BCUT2D eigenvalue weighted by Gasteiger charge is -2.01. The van der Waals surface area contributed by atoms with Crippen LogP contribution in [-0.4, -0.2) is 24.5 Å². The zero-order chi connectivity index (χ0) is 15.3. The standard InChI is InChI=1S/C14H15N3O3S/c1-2-11-10-15-17-14(11)16-13(18)8-9-21(19,20)12-6-4-3-5-7-12/h3-10H,2H2,1H3,(H2,15,16,17,18)/b9-8+. The topological polar surface area (TPSA) is 91.9 Å². The third-order valence-electron chi connectivity index (χ3n) is 2.82. The van der Waals surface area contributed by atoms with Gasteiger partial charge in [-0.05, 0) is 18.6 Å². The minimum Gasteiger partial charge on any atom is -0.307 e. The molecule has 0 spiro atoms. The molecule has 0 aliphatic carbocycles. The molecule has 7 heteroatoms. The molecule has 0 atom stereocenters. The summed E-state index contributed by atoms with van der Waals surface area (Å²) in [7, 11) is -3.62. The van der Waals surface area contributed by atoms with Gasteiger partial charge < -0.3 is 5.32 Å². The van der Waals surface area contributed by atoms with Crippen molar-refractivity contribution in [3.63, 3.8) is 0 Å². The van der Waals surface area contributed by atoms with Crippen molar-refractivity contribution in [2.45, 2.75) is 18.2 Å². The Labute approximate surface area is 122 Å². The van der Waals surface area contributed by atoms with Gasteiger partial charge in [-0.2, -0.15) is 5.10 Å². The molecule has 1 aromatic carbocycles. The van der Waals surface area contributed by atoms with Crippen LogP contribution in [-0.2, 0) is 21.1 Å². The van der Waals surface area contributed by atoms with E-state index >= 15 is 0 Å². The molecule has 110 valence electrons. The number of H-pyrrole nitrogens is 1. The molecule has 2 aromatic rings. The first kappa shape index (κ1) is 15.0. The molecule has 1 aromatic heterocycles. The van der Waals surface area contributed by atoms with Crippen LogP contribution in [0.25, 0.3) is 0 Å². The van der Waals surface area contributed by atoms with E-state index in [-0.39, 0.29) is 4.90 Å².